The molecule has 12 heteroatoms. The summed E-state index contributed by atoms with van der Waals surface area (Å²) in [4.78, 5) is 3.72. The lowest BCUT2D eigenvalue weighted by Gasteiger charge is -2.18. The Morgan fingerprint density at radius 3 is 2.00 bits per heavy atom. The van der Waals surface area contributed by atoms with E-state index in [1.54, 1.807) is 13.8 Å². The maximum absolute atomic E-state index is 13.5. The van der Waals surface area contributed by atoms with E-state index in [0.29, 0.717) is 6.21 Å². The molecule has 0 bridgehead atoms. The first-order chi connectivity index (χ1) is 13.1. The van der Waals surface area contributed by atoms with Crippen LogP contribution in [-0.2, 0) is 10.0 Å². The van der Waals surface area contributed by atoms with Crippen LogP contribution in [0, 0.1) is 29.1 Å². The molecule has 0 spiro atoms. The normalized spacial score (nSPS) is 12.1. The first-order valence-corrected chi connectivity index (χ1v) is 9.35. The van der Waals surface area contributed by atoms with E-state index in [4.69, 9.17) is 0 Å². The lowest BCUT2D eigenvalue weighted by atomic mass is 10.2. The number of hydrogen-bond acceptors (Lipinski definition) is 5. The molecular weight excluding hydrogens is 407 g/mol. The first-order valence-electron chi connectivity index (χ1n) is 7.91. The maximum atomic E-state index is 13.5. The number of halogens is 5. The highest BCUT2D eigenvalue weighted by Gasteiger charge is 2.25. The number of sulfonamides is 1. The van der Waals surface area contributed by atoms with Gasteiger partial charge in [-0.05, 0) is 12.1 Å². The van der Waals surface area contributed by atoms with Crippen LogP contribution >= 0.6 is 0 Å². The van der Waals surface area contributed by atoms with Gasteiger partial charge in [0.15, 0.2) is 23.3 Å². The van der Waals surface area contributed by atoms with Gasteiger partial charge in [0.25, 0.3) is 0 Å². The summed E-state index contributed by atoms with van der Waals surface area (Å²) < 4.78 is 92.1. The molecule has 0 saturated carbocycles. The van der Waals surface area contributed by atoms with Crippen LogP contribution in [-0.4, -0.2) is 37.0 Å². The number of pyridine rings is 1. The molecule has 0 unspecified atom stereocenters. The summed E-state index contributed by atoms with van der Waals surface area (Å²) in [6, 6.07) is 2.46. The summed E-state index contributed by atoms with van der Waals surface area (Å²) in [5, 5.41) is 3.37. The number of hydrogen-bond donors (Lipinski definition) is 1. The molecule has 1 heterocycles. The number of rotatable bonds is 7. The molecule has 1 aromatic heterocycles. The Hall–Kier alpha value is -2.60. The monoisotopic (exact) mass is 422 g/mol. The fourth-order valence-electron chi connectivity index (χ4n) is 2.21. The van der Waals surface area contributed by atoms with Crippen molar-refractivity contribution in [2.75, 3.05) is 18.5 Å². The summed E-state index contributed by atoms with van der Waals surface area (Å²) in [7, 11) is -3.72. The molecule has 0 aliphatic carbocycles. The number of nitrogens with zero attached hydrogens (tertiary/aromatic N) is 3. The molecule has 1 N–H and O–H groups in total. The molecule has 0 radical (unpaired) electrons. The molecule has 28 heavy (non-hydrogen) atoms. The standard InChI is InChI=1S/C16H15F5N4O2S/c1-3-25(4-2)28(26,27)9-5-6-11(22-7-9)24-23-8-10-12(17)14(19)16(21)15(20)13(10)18/h5-8H,3-4H2,1-2H3,(H,22,24). The van der Waals surface area contributed by atoms with E-state index in [2.05, 4.69) is 15.5 Å². The third-order valence-electron chi connectivity index (χ3n) is 3.70. The molecule has 152 valence electrons. The van der Waals surface area contributed by atoms with Crippen LogP contribution in [0.4, 0.5) is 27.8 Å². The second-order valence-corrected chi connectivity index (χ2v) is 7.26. The van der Waals surface area contributed by atoms with Gasteiger partial charge in [-0.3, -0.25) is 5.43 Å². The summed E-state index contributed by atoms with van der Waals surface area (Å²) in [6.07, 6.45) is 1.45. The van der Waals surface area contributed by atoms with E-state index >= 15 is 0 Å². The predicted octanol–water partition coefficient (Wildman–Crippen LogP) is 3.25. The van der Waals surface area contributed by atoms with Gasteiger partial charge in [-0.2, -0.15) is 9.41 Å². The minimum Gasteiger partial charge on any atom is -0.261 e. The van der Waals surface area contributed by atoms with Crippen LogP contribution in [0.15, 0.2) is 28.3 Å². The molecule has 0 saturated heterocycles. The molecular formula is C16H15F5N4O2S. The van der Waals surface area contributed by atoms with Gasteiger partial charge in [-0.25, -0.2) is 35.4 Å². The smallest absolute Gasteiger partial charge is 0.244 e. The number of aromatic nitrogens is 1. The minimum atomic E-state index is -3.72. The van der Waals surface area contributed by atoms with Gasteiger partial charge in [-0.1, -0.05) is 13.8 Å². The average molecular weight is 422 g/mol. The van der Waals surface area contributed by atoms with E-state index in [-0.39, 0.29) is 23.8 Å². The van der Waals surface area contributed by atoms with Crippen molar-refractivity contribution in [3.8, 4) is 0 Å². The van der Waals surface area contributed by atoms with Crippen LogP contribution in [0.3, 0.4) is 0 Å². The van der Waals surface area contributed by atoms with Gasteiger partial charge in [0.2, 0.25) is 15.8 Å². The quantitative estimate of drug-likeness (QED) is 0.244. The van der Waals surface area contributed by atoms with Crippen LogP contribution in [0.25, 0.3) is 0 Å². The van der Waals surface area contributed by atoms with Crippen LogP contribution < -0.4 is 5.43 Å². The Balaban J connectivity index is 2.21. The Bertz CT molecular complexity index is 964. The Kier molecular flexibility index (Phi) is 6.67. The number of hydrazone groups is 1. The molecule has 6 nitrogen and oxygen atoms in total. The highest BCUT2D eigenvalue weighted by Crippen LogP contribution is 2.22. The molecule has 0 aliphatic heterocycles. The summed E-state index contributed by atoms with van der Waals surface area (Å²) in [5.41, 5.74) is 0.983. The zero-order valence-electron chi connectivity index (χ0n) is 14.7. The zero-order valence-corrected chi connectivity index (χ0v) is 15.5. The molecule has 0 amide bonds. The van der Waals surface area contributed by atoms with Crippen molar-refractivity contribution in [1.29, 1.82) is 0 Å². The largest absolute Gasteiger partial charge is 0.261 e. The highest BCUT2D eigenvalue weighted by atomic mass is 32.2. The van der Waals surface area contributed by atoms with Crippen molar-refractivity contribution in [3.05, 3.63) is 53.0 Å². The second kappa shape index (κ2) is 8.61. The van der Waals surface area contributed by atoms with Gasteiger partial charge in [0.1, 0.15) is 10.7 Å². The third-order valence-corrected chi connectivity index (χ3v) is 5.73. The summed E-state index contributed by atoms with van der Waals surface area (Å²) in [6.45, 7) is 3.90. The van der Waals surface area contributed by atoms with Gasteiger partial charge in [0.05, 0.1) is 11.8 Å². The summed E-state index contributed by atoms with van der Waals surface area (Å²) >= 11 is 0. The minimum absolute atomic E-state index is 0.0152. The number of nitrogens with one attached hydrogen (secondary N) is 1. The van der Waals surface area contributed by atoms with E-state index < -0.39 is 44.7 Å². The number of anilines is 1. The van der Waals surface area contributed by atoms with Crippen molar-refractivity contribution in [3.63, 3.8) is 0 Å². The third kappa shape index (κ3) is 4.12. The van der Waals surface area contributed by atoms with Crippen molar-refractivity contribution in [1.82, 2.24) is 9.29 Å². The van der Waals surface area contributed by atoms with Crippen LogP contribution in [0.2, 0.25) is 0 Å². The van der Waals surface area contributed by atoms with Crippen molar-refractivity contribution >= 4 is 22.1 Å². The lowest BCUT2D eigenvalue weighted by Crippen LogP contribution is -2.30. The van der Waals surface area contributed by atoms with Gasteiger partial charge in [-0.15, -0.1) is 0 Å². The van der Waals surface area contributed by atoms with Gasteiger partial charge >= 0.3 is 0 Å². The van der Waals surface area contributed by atoms with Gasteiger partial charge in [0, 0.05) is 19.3 Å². The number of benzene rings is 1. The molecule has 2 rings (SSSR count). The molecule has 0 fully saturated rings. The van der Waals surface area contributed by atoms with E-state index in [1.807, 2.05) is 0 Å². The van der Waals surface area contributed by atoms with Crippen LogP contribution in [0.5, 0.6) is 0 Å². The van der Waals surface area contributed by atoms with E-state index in [1.165, 1.54) is 16.4 Å². The second-order valence-electron chi connectivity index (χ2n) is 5.32. The SMILES string of the molecule is CCN(CC)S(=O)(=O)c1ccc(NN=Cc2c(F)c(F)c(F)c(F)c2F)nc1. The van der Waals surface area contributed by atoms with E-state index in [9.17, 15) is 30.4 Å². The van der Waals surface area contributed by atoms with Gasteiger partial charge < -0.3 is 0 Å². The zero-order chi connectivity index (χ0) is 21.1. The topological polar surface area (TPSA) is 74.7 Å². The fourth-order valence-corrected chi connectivity index (χ4v) is 3.61. The fraction of sp³-hybridized carbons (Fsp3) is 0.250. The van der Waals surface area contributed by atoms with Crippen molar-refractivity contribution in [2.45, 2.75) is 18.7 Å². The average Bonchev–Trinajstić information content (AvgIpc) is 2.68. The lowest BCUT2D eigenvalue weighted by molar-refractivity contribution is 0.377. The Morgan fingerprint density at radius 1 is 1.00 bits per heavy atom. The van der Waals surface area contributed by atoms with E-state index in [0.717, 1.165) is 6.20 Å². The Labute approximate surface area is 157 Å². The van der Waals surface area contributed by atoms with Crippen molar-refractivity contribution in [2.24, 2.45) is 5.10 Å². The maximum Gasteiger partial charge on any atom is 0.244 e. The van der Waals surface area contributed by atoms with Crippen LogP contribution in [0.1, 0.15) is 19.4 Å². The first kappa shape index (κ1) is 21.7. The molecule has 0 aliphatic rings. The van der Waals surface area contributed by atoms with Crippen molar-refractivity contribution < 1.29 is 30.4 Å². The highest BCUT2D eigenvalue weighted by molar-refractivity contribution is 7.89. The molecule has 0 atom stereocenters. The Morgan fingerprint density at radius 2 is 1.54 bits per heavy atom. The molecule has 1 aromatic carbocycles. The summed E-state index contributed by atoms with van der Waals surface area (Å²) in [5.74, 6) is -10.5. The predicted molar refractivity (Wildman–Crippen MR) is 91.8 cm³/mol. The molecule has 2 aromatic rings.